The van der Waals surface area contributed by atoms with Crippen molar-refractivity contribution >= 4 is 12.6 Å². The van der Waals surface area contributed by atoms with Crippen molar-refractivity contribution in [3.05, 3.63) is 35.7 Å². The molecule has 0 bridgehead atoms. The fraction of sp³-hybridized carbons (Fsp3) is 0.500. The summed E-state index contributed by atoms with van der Waals surface area (Å²) in [6, 6.07) is 4.05. The third-order valence-electron chi connectivity index (χ3n) is 4.22. The standard InChI is InChI=1S/C14H18BNO2/c1-13(2)14(3,4)18-15(17-13)11-7-8-12-10(11)6-5-9-16-12/h5-7,9H,8H2,1-4H3. The number of nitrogens with zero attached hydrogens (tertiary/aromatic N) is 1. The van der Waals surface area contributed by atoms with Crippen LogP contribution in [0.1, 0.15) is 39.0 Å². The third kappa shape index (κ3) is 1.63. The normalized spacial score (nSPS) is 24.0. The minimum absolute atomic E-state index is 0.277. The van der Waals surface area contributed by atoms with Crippen LogP contribution in [0, 0.1) is 0 Å². The molecule has 3 nitrogen and oxygen atoms in total. The van der Waals surface area contributed by atoms with Gasteiger partial charge in [0.15, 0.2) is 0 Å². The molecule has 0 amide bonds. The van der Waals surface area contributed by atoms with Crippen LogP contribution in [0.3, 0.4) is 0 Å². The summed E-state index contributed by atoms with van der Waals surface area (Å²) in [6.45, 7) is 8.30. The molecule has 1 aromatic heterocycles. The molecule has 1 aliphatic carbocycles. The zero-order valence-corrected chi connectivity index (χ0v) is 11.4. The van der Waals surface area contributed by atoms with E-state index in [0.717, 1.165) is 23.2 Å². The molecule has 1 fully saturated rings. The van der Waals surface area contributed by atoms with E-state index in [4.69, 9.17) is 9.31 Å². The van der Waals surface area contributed by atoms with E-state index < -0.39 is 0 Å². The van der Waals surface area contributed by atoms with Crippen molar-refractivity contribution in [3.8, 4) is 0 Å². The molecule has 0 saturated carbocycles. The van der Waals surface area contributed by atoms with Crippen LogP contribution in [0.4, 0.5) is 0 Å². The number of pyridine rings is 1. The molecule has 4 heteroatoms. The Bertz CT molecular complexity index is 506. The van der Waals surface area contributed by atoms with Gasteiger partial charge in [-0.25, -0.2) is 0 Å². The summed E-state index contributed by atoms with van der Waals surface area (Å²) in [6.07, 6.45) is 4.87. The zero-order chi connectivity index (χ0) is 13.0. The van der Waals surface area contributed by atoms with Crippen LogP contribution in [0.25, 0.3) is 5.47 Å². The molecule has 3 rings (SSSR count). The maximum atomic E-state index is 6.09. The smallest absolute Gasteiger partial charge is 0.399 e. The van der Waals surface area contributed by atoms with Gasteiger partial charge in [-0.05, 0) is 44.8 Å². The molecule has 1 aliphatic heterocycles. The topological polar surface area (TPSA) is 31.4 Å². The summed E-state index contributed by atoms with van der Waals surface area (Å²) in [5, 5.41) is 0. The van der Waals surface area contributed by atoms with Gasteiger partial charge in [0.2, 0.25) is 0 Å². The van der Waals surface area contributed by atoms with Crippen molar-refractivity contribution in [2.24, 2.45) is 0 Å². The Morgan fingerprint density at radius 2 is 1.83 bits per heavy atom. The van der Waals surface area contributed by atoms with Crippen LogP contribution in [0.5, 0.6) is 0 Å². The molecule has 2 heterocycles. The summed E-state index contributed by atoms with van der Waals surface area (Å²) in [5.74, 6) is 0. The lowest BCUT2D eigenvalue weighted by atomic mass is 9.75. The lowest BCUT2D eigenvalue weighted by Crippen LogP contribution is -2.41. The molecular formula is C14H18BNO2. The first-order valence-electron chi connectivity index (χ1n) is 6.41. The predicted octanol–water partition coefficient (Wildman–Crippen LogP) is 2.65. The molecule has 94 valence electrons. The van der Waals surface area contributed by atoms with E-state index in [2.05, 4.69) is 44.8 Å². The predicted molar refractivity (Wildman–Crippen MR) is 72.0 cm³/mol. The Morgan fingerprint density at radius 3 is 2.50 bits per heavy atom. The molecule has 2 aliphatic rings. The minimum Gasteiger partial charge on any atom is -0.399 e. The lowest BCUT2D eigenvalue weighted by molar-refractivity contribution is 0.00578. The van der Waals surface area contributed by atoms with E-state index in [1.54, 1.807) is 0 Å². The van der Waals surface area contributed by atoms with Gasteiger partial charge in [0.25, 0.3) is 0 Å². The summed E-state index contributed by atoms with van der Waals surface area (Å²) >= 11 is 0. The maximum Gasteiger partial charge on any atom is 0.495 e. The fourth-order valence-electron chi connectivity index (χ4n) is 2.37. The largest absolute Gasteiger partial charge is 0.495 e. The SMILES string of the molecule is CC1(C)OB(C2=CCc3ncccc32)OC1(C)C. The highest BCUT2D eigenvalue weighted by molar-refractivity contribution is 6.69. The summed E-state index contributed by atoms with van der Waals surface area (Å²) in [5.41, 5.74) is 2.82. The van der Waals surface area contributed by atoms with Crippen molar-refractivity contribution < 1.29 is 9.31 Å². The van der Waals surface area contributed by atoms with E-state index in [9.17, 15) is 0 Å². The Kier molecular flexibility index (Phi) is 2.44. The summed E-state index contributed by atoms with van der Waals surface area (Å²) < 4.78 is 12.2. The van der Waals surface area contributed by atoms with Crippen LogP contribution >= 0.6 is 0 Å². The number of fused-ring (bicyclic) bond motifs is 1. The Morgan fingerprint density at radius 1 is 1.17 bits per heavy atom. The molecule has 1 aromatic rings. The Labute approximate surface area is 108 Å². The average Bonchev–Trinajstić information content (AvgIpc) is 2.78. The van der Waals surface area contributed by atoms with Gasteiger partial charge >= 0.3 is 7.12 Å². The number of hydrogen-bond acceptors (Lipinski definition) is 3. The fourth-order valence-corrected chi connectivity index (χ4v) is 2.37. The van der Waals surface area contributed by atoms with Gasteiger partial charge in [0.05, 0.1) is 16.9 Å². The zero-order valence-electron chi connectivity index (χ0n) is 11.4. The summed E-state index contributed by atoms with van der Waals surface area (Å²) in [4.78, 5) is 4.39. The third-order valence-corrected chi connectivity index (χ3v) is 4.22. The van der Waals surface area contributed by atoms with Gasteiger partial charge in [-0.15, -0.1) is 0 Å². The molecular weight excluding hydrogens is 225 g/mol. The van der Waals surface area contributed by atoms with Gasteiger partial charge in [-0.3, -0.25) is 4.98 Å². The van der Waals surface area contributed by atoms with Crippen LogP contribution in [0.15, 0.2) is 24.4 Å². The second kappa shape index (κ2) is 3.68. The first-order valence-corrected chi connectivity index (χ1v) is 6.41. The molecule has 1 saturated heterocycles. The van der Waals surface area contributed by atoms with Crippen LogP contribution in [-0.4, -0.2) is 23.3 Å². The van der Waals surface area contributed by atoms with Crippen molar-refractivity contribution in [3.63, 3.8) is 0 Å². The van der Waals surface area contributed by atoms with Gasteiger partial charge in [0, 0.05) is 12.6 Å². The number of aromatic nitrogens is 1. The molecule has 18 heavy (non-hydrogen) atoms. The van der Waals surface area contributed by atoms with Gasteiger partial charge < -0.3 is 9.31 Å². The van der Waals surface area contributed by atoms with Crippen molar-refractivity contribution in [2.75, 3.05) is 0 Å². The lowest BCUT2D eigenvalue weighted by Gasteiger charge is -2.32. The second-order valence-electron chi connectivity index (χ2n) is 5.95. The highest BCUT2D eigenvalue weighted by Gasteiger charge is 2.53. The van der Waals surface area contributed by atoms with E-state index in [1.807, 2.05) is 12.3 Å². The maximum absolute atomic E-state index is 6.09. The first-order chi connectivity index (χ1) is 8.41. The average molecular weight is 243 g/mol. The van der Waals surface area contributed by atoms with E-state index >= 15 is 0 Å². The van der Waals surface area contributed by atoms with E-state index in [1.165, 1.54) is 0 Å². The molecule has 0 atom stereocenters. The quantitative estimate of drug-likeness (QED) is 0.710. The first kappa shape index (κ1) is 11.9. The highest BCUT2D eigenvalue weighted by atomic mass is 16.7. The summed E-state index contributed by atoms with van der Waals surface area (Å²) in [7, 11) is -0.277. The minimum atomic E-state index is -0.288. The van der Waals surface area contributed by atoms with Crippen molar-refractivity contribution in [2.45, 2.75) is 45.3 Å². The highest BCUT2D eigenvalue weighted by Crippen LogP contribution is 2.42. The van der Waals surface area contributed by atoms with Gasteiger partial charge in [-0.1, -0.05) is 12.1 Å². The molecule has 0 unspecified atom stereocenters. The van der Waals surface area contributed by atoms with Gasteiger partial charge in [0.1, 0.15) is 0 Å². The van der Waals surface area contributed by atoms with Crippen LogP contribution < -0.4 is 0 Å². The number of allylic oxidation sites excluding steroid dienone is 1. The monoisotopic (exact) mass is 243 g/mol. The van der Waals surface area contributed by atoms with Gasteiger partial charge in [-0.2, -0.15) is 0 Å². The van der Waals surface area contributed by atoms with Crippen LogP contribution in [-0.2, 0) is 15.7 Å². The Hall–Kier alpha value is -1.13. The molecule has 0 radical (unpaired) electrons. The van der Waals surface area contributed by atoms with Crippen molar-refractivity contribution in [1.29, 1.82) is 0 Å². The van der Waals surface area contributed by atoms with E-state index in [0.29, 0.717) is 0 Å². The van der Waals surface area contributed by atoms with Crippen molar-refractivity contribution in [1.82, 2.24) is 4.98 Å². The molecule has 0 N–H and O–H groups in total. The molecule has 0 spiro atoms. The second-order valence-corrected chi connectivity index (χ2v) is 5.95. The van der Waals surface area contributed by atoms with E-state index in [-0.39, 0.29) is 18.3 Å². The Balaban J connectivity index is 1.92. The molecule has 0 aromatic carbocycles. The number of rotatable bonds is 1. The number of hydrogen-bond donors (Lipinski definition) is 0. The van der Waals surface area contributed by atoms with Crippen LogP contribution in [0.2, 0.25) is 0 Å².